The molecule has 29 heavy (non-hydrogen) atoms. The van der Waals surface area contributed by atoms with Gasteiger partial charge < -0.3 is 16.4 Å². The average molecular weight is 397 g/mol. The topological polar surface area (TPSA) is 101 Å². The second kappa shape index (κ2) is 10.8. The number of halogens is 1. The third-order valence-corrected chi connectivity index (χ3v) is 4.19. The summed E-state index contributed by atoms with van der Waals surface area (Å²) in [4.78, 5) is 35.9. The molecule has 0 fully saturated rings. The lowest BCUT2D eigenvalue weighted by molar-refractivity contribution is -0.130. The summed E-state index contributed by atoms with van der Waals surface area (Å²) in [6, 6.07) is 13.3. The Labute approximate surface area is 169 Å². The van der Waals surface area contributed by atoms with Gasteiger partial charge in [0.25, 0.3) is 0 Å². The van der Waals surface area contributed by atoms with Crippen molar-refractivity contribution in [3.63, 3.8) is 0 Å². The molecule has 6 nitrogen and oxygen atoms in total. The third kappa shape index (κ3) is 7.57. The summed E-state index contributed by atoms with van der Waals surface area (Å²) >= 11 is 0. The lowest BCUT2D eigenvalue weighted by Gasteiger charge is -2.21. The molecule has 0 unspecified atom stereocenters. The quantitative estimate of drug-likeness (QED) is 0.603. The van der Waals surface area contributed by atoms with Crippen molar-refractivity contribution >= 4 is 23.8 Å². The van der Waals surface area contributed by atoms with Gasteiger partial charge in [-0.2, -0.15) is 0 Å². The van der Waals surface area contributed by atoms with Gasteiger partial charge in [-0.15, -0.1) is 0 Å². The number of rotatable bonds is 9. The van der Waals surface area contributed by atoms with E-state index in [2.05, 4.69) is 10.6 Å². The molecule has 2 aromatic carbocycles. The van der Waals surface area contributed by atoms with E-state index in [1.807, 2.05) is 36.4 Å². The molecule has 0 aliphatic heterocycles. The largest absolute Gasteiger partial charge is 0.368 e. The molecule has 7 heteroatoms. The first kappa shape index (κ1) is 21.8. The Bertz CT molecular complexity index is 867. The van der Waals surface area contributed by atoms with Gasteiger partial charge in [-0.05, 0) is 29.7 Å². The molecule has 0 aliphatic rings. The van der Waals surface area contributed by atoms with Gasteiger partial charge in [-0.25, -0.2) is 4.39 Å². The maximum Gasteiger partial charge on any atom is 0.243 e. The van der Waals surface area contributed by atoms with Crippen molar-refractivity contribution in [2.75, 3.05) is 0 Å². The van der Waals surface area contributed by atoms with Gasteiger partial charge in [0.15, 0.2) is 0 Å². The minimum absolute atomic E-state index is 0.150. The number of carbonyl (C=O) groups is 3. The Morgan fingerprint density at radius 1 is 1.00 bits per heavy atom. The van der Waals surface area contributed by atoms with Gasteiger partial charge >= 0.3 is 0 Å². The predicted octanol–water partition coefficient (Wildman–Crippen LogP) is 1.95. The van der Waals surface area contributed by atoms with Crippen LogP contribution in [0.25, 0.3) is 6.08 Å². The Morgan fingerprint density at radius 3 is 2.24 bits per heavy atom. The molecule has 0 aromatic heterocycles. The van der Waals surface area contributed by atoms with Crippen LogP contribution in [0.1, 0.15) is 24.5 Å². The highest BCUT2D eigenvalue weighted by molar-refractivity contribution is 5.91. The monoisotopic (exact) mass is 397 g/mol. The zero-order valence-corrected chi connectivity index (χ0v) is 16.1. The van der Waals surface area contributed by atoms with E-state index in [-0.39, 0.29) is 12.8 Å². The van der Waals surface area contributed by atoms with Crippen LogP contribution in [0.4, 0.5) is 4.39 Å². The molecule has 0 bridgehead atoms. The zero-order chi connectivity index (χ0) is 21.2. The lowest BCUT2D eigenvalue weighted by Crippen LogP contribution is -2.53. The fraction of sp³-hybridized carbons (Fsp3) is 0.227. The fourth-order valence-corrected chi connectivity index (χ4v) is 2.73. The minimum atomic E-state index is -0.924. The van der Waals surface area contributed by atoms with Crippen molar-refractivity contribution in [2.24, 2.45) is 5.73 Å². The van der Waals surface area contributed by atoms with Crippen molar-refractivity contribution in [1.29, 1.82) is 0 Å². The highest BCUT2D eigenvalue weighted by atomic mass is 19.1. The van der Waals surface area contributed by atoms with E-state index in [0.717, 1.165) is 5.56 Å². The molecule has 2 atom stereocenters. The van der Waals surface area contributed by atoms with Gasteiger partial charge in [-0.1, -0.05) is 54.6 Å². The smallest absolute Gasteiger partial charge is 0.243 e. The summed E-state index contributed by atoms with van der Waals surface area (Å²) in [6.45, 7) is 1.29. The van der Waals surface area contributed by atoms with E-state index in [0.29, 0.717) is 5.56 Å². The molecule has 4 N–H and O–H groups in total. The lowest BCUT2D eigenvalue weighted by atomic mass is 10.0. The minimum Gasteiger partial charge on any atom is -0.368 e. The van der Waals surface area contributed by atoms with E-state index < -0.39 is 35.6 Å². The number of nitrogens with two attached hydrogens (primary N) is 1. The summed E-state index contributed by atoms with van der Waals surface area (Å²) in [6.07, 6.45) is 3.93. The number of benzene rings is 2. The van der Waals surface area contributed by atoms with Gasteiger partial charge in [0.05, 0.1) is 0 Å². The van der Waals surface area contributed by atoms with E-state index in [1.54, 1.807) is 6.08 Å². The van der Waals surface area contributed by atoms with Gasteiger partial charge in [0.2, 0.25) is 17.7 Å². The van der Waals surface area contributed by atoms with Crippen molar-refractivity contribution in [3.8, 4) is 0 Å². The normalized spacial score (nSPS) is 12.9. The summed E-state index contributed by atoms with van der Waals surface area (Å²) in [5.41, 5.74) is 7.04. The first-order valence-corrected chi connectivity index (χ1v) is 9.18. The summed E-state index contributed by atoms with van der Waals surface area (Å²) in [5.74, 6) is -2.01. The van der Waals surface area contributed by atoms with Crippen LogP contribution in [0, 0.1) is 5.82 Å². The van der Waals surface area contributed by atoms with Gasteiger partial charge in [0, 0.05) is 13.3 Å². The molecule has 2 rings (SSSR count). The molecule has 0 saturated carbocycles. The molecule has 0 heterocycles. The number of carbonyl (C=O) groups excluding carboxylic acids is 3. The van der Waals surface area contributed by atoms with Crippen LogP contribution < -0.4 is 16.4 Å². The molecule has 0 aliphatic carbocycles. The second-order valence-electron chi connectivity index (χ2n) is 6.60. The van der Waals surface area contributed by atoms with Crippen molar-refractivity contribution in [1.82, 2.24) is 10.6 Å². The number of nitrogens with one attached hydrogen (secondary N) is 2. The van der Waals surface area contributed by atoms with Crippen molar-refractivity contribution in [2.45, 2.75) is 31.8 Å². The third-order valence-electron chi connectivity index (χ3n) is 4.19. The Morgan fingerprint density at radius 2 is 1.66 bits per heavy atom. The molecule has 0 saturated heterocycles. The number of primary amides is 1. The Hall–Kier alpha value is -3.48. The van der Waals surface area contributed by atoms with Crippen LogP contribution in [0.15, 0.2) is 60.7 Å². The van der Waals surface area contributed by atoms with E-state index in [4.69, 9.17) is 5.73 Å². The van der Waals surface area contributed by atoms with E-state index >= 15 is 0 Å². The first-order valence-electron chi connectivity index (χ1n) is 9.18. The standard InChI is InChI=1S/C22H24FN3O3/c1-15(27)25-20(14-17-10-12-18(23)13-11-17)22(29)26-19(21(24)28)9-5-8-16-6-3-2-4-7-16/h2-8,10-13,19-20H,9,14H2,1H3,(H2,24,28)(H,25,27)(H,26,29)/b8-5+/t19-,20-/m1/s1. The Balaban J connectivity index is 2.04. The summed E-state index contributed by atoms with van der Waals surface area (Å²) in [5, 5.41) is 5.14. The summed E-state index contributed by atoms with van der Waals surface area (Å²) in [7, 11) is 0. The maximum atomic E-state index is 13.1. The maximum absolute atomic E-state index is 13.1. The SMILES string of the molecule is CC(=O)N[C@H](Cc1ccc(F)cc1)C(=O)N[C@H](C/C=C/c1ccccc1)C(N)=O. The molecule has 3 amide bonds. The number of hydrogen-bond acceptors (Lipinski definition) is 3. The van der Waals surface area contributed by atoms with Gasteiger partial charge in [-0.3, -0.25) is 14.4 Å². The van der Waals surface area contributed by atoms with Gasteiger partial charge in [0.1, 0.15) is 17.9 Å². The van der Waals surface area contributed by atoms with E-state index in [1.165, 1.54) is 31.2 Å². The van der Waals surface area contributed by atoms with Crippen LogP contribution >= 0.6 is 0 Å². The predicted molar refractivity (Wildman–Crippen MR) is 109 cm³/mol. The molecule has 0 spiro atoms. The molecule has 0 radical (unpaired) electrons. The number of amides is 3. The molecular formula is C22H24FN3O3. The van der Waals surface area contributed by atoms with Crippen LogP contribution in [0.5, 0.6) is 0 Å². The first-order chi connectivity index (χ1) is 13.8. The van der Waals surface area contributed by atoms with Crippen LogP contribution in [0.3, 0.4) is 0 Å². The molecule has 2 aromatic rings. The molecule has 152 valence electrons. The van der Waals surface area contributed by atoms with Crippen LogP contribution in [-0.2, 0) is 20.8 Å². The van der Waals surface area contributed by atoms with Crippen molar-refractivity contribution in [3.05, 3.63) is 77.6 Å². The fourth-order valence-electron chi connectivity index (χ4n) is 2.73. The second-order valence-corrected chi connectivity index (χ2v) is 6.60. The average Bonchev–Trinajstić information content (AvgIpc) is 2.68. The molecular weight excluding hydrogens is 373 g/mol. The number of hydrogen-bond donors (Lipinski definition) is 3. The zero-order valence-electron chi connectivity index (χ0n) is 16.1. The summed E-state index contributed by atoms with van der Waals surface area (Å²) < 4.78 is 13.1. The highest BCUT2D eigenvalue weighted by Gasteiger charge is 2.24. The highest BCUT2D eigenvalue weighted by Crippen LogP contribution is 2.08. The Kier molecular flexibility index (Phi) is 8.09. The van der Waals surface area contributed by atoms with Crippen LogP contribution in [-0.4, -0.2) is 29.8 Å². The van der Waals surface area contributed by atoms with E-state index in [9.17, 15) is 18.8 Å². The van der Waals surface area contributed by atoms with Crippen molar-refractivity contribution < 1.29 is 18.8 Å². The van der Waals surface area contributed by atoms with Crippen LogP contribution in [0.2, 0.25) is 0 Å².